The normalized spacial score (nSPS) is 18.1. The molecule has 1 aromatic heterocycles. The van der Waals surface area contributed by atoms with Gasteiger partial charge in [-0.2, -0.15) is 0 Å². The lowest BCUT2D eigenvalue weighted by Crippen LogP contribution is -2.45. The molecule has 3 aromatic rings. The third kappa shape index (κ3) is 2.54. The van der Waals surface area contributed by atoms with Crippen LogP contribution in [-0.4, -0.2) is 24.0 Å². The zero-order valence-corrected chi connectivity index (χ0v) is 14.8. The number of aromatic amines is 1. The van der Waals surface area contributed by atoms with Crippen LogP contribution in [0.25, 0.3) is 22.2 Å². The molecule has 0 spiro atoms. The van der Waals surface area contributed by atoms with E-state index in [9.17, 15) is 0 Å². The molecule has 3 heterocycles. The second kappa shape index (κ2) is 5.95. The van der Waals surface area contributed by atoms with Gasteiger partial charge in [-0.05, 0) is 41.3 Å². The molecule has 2 aliphatic heterocycles. The number of nitrogens with one attached hydrogen (secondary N) is 3. The highest BCUT2D eigenvalue weighted by Crippen LogP contribution is 2.31. The highest BCUT2D eigenvalue weighted by molar-refractivity contribution is 6.07. The SMILES string of the molecule is COc1cc(C2=CNC3=NC=C(c4ccc5[nH]ccc5c4)C3N2)ccc1N. The number of H-pyrrole nitrogens is 1. The highest BCUT2D eigenvalue weighted by atomic mass is 16.5. The van der Waals surface area contributed by atoms with Crippen molar-refractivity contribution in [3.8, 4) is 5.75 Å². The maximum atomic E-state index is 5.94. The van der Waals surface area contributed by atoms with Crippen LogP contribution >= 0.6 is 0 Å². The van der Waals surface area contributed by atoms with E-state index in [0.717, 1.165) is 33.7 Å². The Balaban J connectivity index is 1.46. The van der Waals surface area contributed by atoms with E-state index in [4.69, 9.17) is 10.5 Å². The van der Waals surface area contributed by atoms with Gasteiger partial charge in [0.1, 0.15) is 17.6 Å². The number of nitrogen functional groups attached to an aromatic ring is 1. The molecule has 0 amide bonds. The summed E-state index contributed by atoms with van der Waals surface area (Å²) in [6, 6.07) is 14.2. The fourth-order valence-corrected chi connectivity index (χ4v) is 3.56. The van der Waals surface area contributed by atoms with Crippen molar-refractivity contribution in [2.45, 2.75) is 6.04 Å². The van der Waals surface area contributed by atoms with Crippen LogP contribution in [0.2, 0.25) is 0 Å². The Labute approximate surface area is 156 Å². The summed E-state index contributed by atoms with van der Waals surface area (Å²) in [6.45, 7) is 0. The second-order valence-corrected chi connectivity index (χ2v) is 6.61. The van der Waals surface area contributed by atoms with E-state index in [1.54, 1.807) is 7.11 Å². The largest absolute Gasteiger partial charge is 0.495 e. The lowest BCUT2D eigenvalue weighted by atomic mass is 9.97. The molecule has 0 bridgehead atoms. The van der Waals surface area contributed by atoms with Crippen LogP contribution < -0.4 is 21.1 Å². The maximum Gasteiger partial charge on any atom is 0.142 e. The summed E-state index contributed by atoms with van der Waals surface area (Å²) in [5.74, 6) is 1.56. The van der Waals surface area contributed by atoms with Gasteiger partial charge >= 0.3 is 0 Å². The molecule has 0 saturated carbocycles. The van der Waals surface area contributed by atoms with Crippen LogP contribution in [0.3, 0.4) is 0 Å². The van der Waals surface area contributed by atoms with Crippen LogP contribution in [0.5, 0.6) is 5.75 Å². The number of aliphatic imine (C=N–C) groups is 1. The van der Waals surface area contributed by atoms with Gasteiger partial charge in [-0.15, -0.1) is 0 Å². The van der Waals surface area contributed by atoms with Gasteiger partial charge in [-0.1, -0.05) is 12.1 Å². The number of aromatic nitrogens is 1. The molecule has 1 atom stereocenters. The summed E-state index contributed by atoms with van der Waals surface area (Å²) in [5.41, 5.74) is 11.9. The van der Waals surface area contributed by atoms with Gasteiger partial charge in [-0.3, -0.25) is 0 Å². The number of fused-ring (bicyclic) bond motifs is 2. The van der Waals surface area contributed by atoms with Crippen molar-refractivity contribution in [1.82, 2.24) is 15.6 Å². The molecule has 0 radical (unpaired) electrons. The van der Waals surface area contributed by atoms with Gasteiger partial charge in [0, 0.05) is 35.3 Å². The molecule has 6 heteroatoms. The Morgan fingerprint density at radius 3 is 2.85 bits per heavy atom. The molecule has 0 fully saturated rings. The average Bonchev–Trinajstić information content (AvgIpc) is 3.34. The Hall–Kier alpha value is -3.67. The molecule has 2 aliphatic rings. The molecule has 5 N–H and O–H groups in total. The number of amidine groups is 1. The van der Waals surface area contributed by atoms with Crippen LogP contribution in [0.4, 0.5) is 5.69 Å². The van der Waals surface area contributed by atoms with Gasteiger partial charge < -0.3 is 26.1 Å². The molecule has 2 aromatic carbocycles. The fraction of sp³-hybridized carbons (Fsp3) is 0.0952. The molecule has 6 nitrogen and oxygen atoms in total. The minimum absolute atomic E-state index is 0.0232. The van der Waals surface area contributed by atoms with Crippen molar-refractivity contribution < 1.29 is 4.74 Å². The number of anilines is 1. The summed E-state index contributed by atoms with van der Waals surface area (Å²) in [4.78, 5) is 7.77. The second-order valence-electron chi connectivity index (χ2n) is 6.61. The standard InChI is InChI=1S/C21H19N5O/c1-27-19-9-13(2-4-16(19)22)18-11-25-21-20(26-18)15(10-24-21)12-3-5-17-14(8-12)6-7-23-17/h2-11,20,23,26H,22H2,1H3,(H,24,25). The van der Waals surface area contributed by atoms with Gasteiger partial charge in [-0.25, -0.2) is 4.99 Å². The number of hydrogen-bond acceptors (Lipinski definition) is 5. The molecule has 5 rings (SSSR count). The Morgan fingerprint density at radius 2 is 1.96 bits per heavy atom. The lowest BCUT2D eigenvalue weighted by molar-refractivity contribution is 0.417. The quantitative estimate of drug-likeness (QED) is 0.543. The molecule has 1 unspecified atom stereocenters. The molecule has 0 aliphatic carbocycles. The molecule has 27 heavy (non-hydrogen) atoms. The van der Waals surface area contributed by atoms with E-state index in [-0.39, 0.29) is 6.04 Å². The molecule has 134 valence electrons. The zero-order chi connectivity index (χ0) is 18.4. The third-order valence-electron chi connectivity index (χ3n) is 5.02. The van der Waals surface area contributed by atoms with Crippen molar-refractivity contribution >= 4 is 33.7 Å². The summed E-state index contributed by atoms with van der Waals surface area (Å²) >= 11 is 0. The van der Waals surface area contributed by atoms with E-state index in [0.29, 0.717) is 11.4 Å². The number of benzene rings is 2. The van der Waals surface area contributed by atoms with Gasteiger partial charge in [0.05, 0.1) is 18.5 Å². The number of nitrogens with zero attached hydrogens (tertiary/aromatic N) is 1. The zero-order valence-electron chi connectivity index (χ0n) is 14.8. The summed E-state index contributed by atoms with van der Waals surface area (Å²) in [6.07, 6.45) is 5.80. The summed E-state index contributed by atoms with van der Waals surface area (Å²) in [5, 5.41) is 8.08. The Kier molecular flexibility index (Phi) is 3.43. The highest BCUT2D eigenvalue weighted by Gasteiger charge is 2.29. The van der Waals surface area contributed by atoms with E-state index < -0.39 is 0 Å². The van der Waals surface area contributed by atoms with Crippen LogP contribution in [0.1, 0.15) is 11.1 Å². The van der Waals surface area contributed by atoms with Crippen molar-refractivity contribution in [3.63, 3.8) is 0 Å². The smallest absolute Gasteiger partial charge is 0.142 e. The first-order chi connectivity index (χ1) is 13.2. The van der Waals surface area contributed by atoms with Crippen molar-refractivity contribution in [1.29, 1.82) is 0 Å². The minimum atomic E-state index is -0.0232. The van der Waals surface area contributed by atoms with Crippen LogP contribution in [0, 0.1) is 0 Å². The number of rotatable bonds is 3. The number of ether oxygens (including phenoxy) is 1. The maximum absolute atomic E-state index is 5.94. The monoisotopic (exact) mass is 357 g/mol. The van der Waals surface area contributed by atoms with Gasteiger partial charge in [0.25, 0.3) is 0 Å². The van der Waals surface area contributed by atoms with E-state index >= 15 is 0 Å². The first-order valence-electron chi connectivity index (χ1n) is 8.75. The van der Waals surface area contributed by atoms with E-state index in [1.165, 1.54) is 5.39 Å². The van der Waals surface area contributed by atoms with Crippen LogP contribution in [-0.2, 0) is 0 Å². The van der Waals surface area contributed by atoms with Gasteiger partial charge in [0.15, 0.2) is 0 Å². The number of methoxy groups -OCH3 is 1. The Bertz CT molecular complexity index is 1140. The van der Waals surface area contributed by atoms with Crippen molar-refractivity contribution in [2.75, 3.05) is 12.8 Å². The predicted molar refractivity (Wildman–Crippen MR) is 109 cm³/mol. The van der Waals surface area contributed by atoms with Gasteiger partial charge in [0.2, 0.25) is 0 Å². The average molecular weight is 357 g/mol. The van der Waals surface area contributed by atoms with E-state index in [1.807, 2.05) is 36.8 Å². The fourth-order valence-electron chi connectivity index (χ4n) is 3.56. The first kappa shape index (κ1) is 15.6. The van der Waals surface area contributed by atoms with Crippen molar-refractivity contribution in [3.05, 3.63) is 72.2 Å². The number of nitrogens with two attached hydrogens (primary N) is 1. The molecular formula is C21H19N5O. The molecule has 0 saturated heterocycles. The Morgan fingerprint density at radius 1 is 1.07 bits per heavy atom. The topological polar surface area (TPSA) is 87.5 Å². The predicted octanol–water partition coefficient (Wildman–Crippen LogP) is 3.07. The first-order valence-corrected chi connectivity index (χ1v) is 8.75. The van der Waals surface area contributed by atoms with E-state index in [2.05, 4.69) is 44.9 Å². The summed E-state index contributed by atoms with van der Waals surface area (Å²) in [7, 11) is 1.62. The van der Waals surface area contributed by atoms with Crippen LogP contribution in [0.15, 0.2) is 66.1 Å². The van der Waals surface area contributed by atoms with Crippen molar-refractivity contribution in [2.24, 2.45) is 4.99 Å². The minimum Gasteiger partial charge on any atom is -0.495 e. The number of hydrogen-bond donors (Lipinski definition) is 4. The lowest BCUT2D eigenvalue weighted by Gasteiger charge is -2.27. The summed E-state index contributed by atoms with van der Waals surface area (Å²) < 4.78 is 5.35. The molecular weight excluding hydrogens is 338 g/mol. The third-order valence-corrected chi connectivity index (χ3v) is 5.02.